The summed E-state index contributed by atoms with van der Waals surface area (Å²) in [6.45, 7) is 1.93. The Labute approximate surface area is 138 Å². The Morgan fingerprint density at radius 3 is 2.54 bits per heavy atom. The van der Waals surface area contributed by atoms with E-state index in [1.807, 2.05) is 13.0 Å². The van der Waals surface area contributed by atoms with E-state index in [9.17, 15) is 18.8 Å². The molecule has 122 valence electrons. The van der Waals surface area contributed by atoms with Gasteiger partial charge in [-0.25, -0.2) is 13.8 Å². The summed E-state index contributed by atoms with van der Waals surface area (Å²) in [6.07, 6.45) is 3.43. The number of carbonyl (C=O) groups excluding carboxylic acids is 1. The molecule has 0 unspecified atom stereocenters. The highest BCUT2D eigenvalue weighted by molar-refractivity contribution is 5.94. The van der Waals surface area contributed by atoms with E-state index in [1.165, 1.54) is 12.3 Å². The largest absolute Gasteiger partial charge is 0.348 e. The van der Waals surface area contributed by atoms with Gasteiger partial charge in [-0.05, 0) is 49.4 Å². The Balaban J connectivity index is 1.96. The van der Waals surface area contributed by atoms with Gasteiger partial charge in [-0.15, -0.1) is 0 Å². The van der Waals surface area contributed by atoms with E-state index in [0.717, 1.165) is 31.0 Å². The Morgan fingerprint density at radius 1 is 1.29 bits per heavy atom. The van der Waals surface area contributed by atoms with Crippen LogP contribution in [0.15, 0.2) is 30.5 Å². The molecule has 0 spiro atoms. The predicted molar refractivity (Wildman–Crippen MR) is 84.0 cm³/mol. The Bertz CT molecular complexity index is 820. The molecule has 0 radical (unpaired) electrons. The Hall–Kier alpha value is -2.81. The molecule has 1 aromatic carbocycles. The van der Waals surface area contributed by atoms with E-state index < -0.39 is 11.6 Å². The number of rotatable bonds is 4. The van der Waals surface area contributed by atoms with Crippen LogP contribution < -0.4 is 5.32 Å². The van der Waals surface area contributed by atoms with Crippen LogP contribution in [0.3, 0.4) is 0 Å². The van der Waals surface area contributed by atoms with Crippen LogP contribution in [0.5, 0.6) is 0 Å². The van der Waals surface area contributed by atoms with Crippen LogP contribution in [0, 0.1) is 28.9 Å². The Kier molecular flexibility index (Phi) is 4.26. The molecular formula is C18H15F2N3O. The quantitative estimate of drug-likeness (QED) is 0.935. The number of benzene rings is 1. The standard InChI is InChI=1S/C18H15F2N3O/c1-10(11-2-3-11)23-18(24)17-7-16(13(8-21)9-22-17)12-4-14(19)6-15(20)5-12/h4-7,9-11H,2-3H2,1H3,(H,23,24)/t10-/m0/s1. The van der Waals surface area contributed by atoms with Gasteiger partial charge in [0, 0.05) is 23.9 Å². The molecule has 1 aromatic heterocycles. The second-order valence-corrected chi connectivity index (χ2v) is 5.98. The van der Waals surface area contributed by atoms with Crippen LogP contribution in [-0.4, -0.2) is 16.9 Å². The van der Waals surface area contributed by atoms with Crippen molar-refractivity contribution in [1.29, 1.82) is 5.26 Å². The smallest absolute Gasteiger partial charge is 0.270 e. The number of aromatic nitrogens is 1. The molecular weight excluding hydrogens is 312 g/mol. The number of carbonyl (C=O) groups is 1. The third kappa shape index (κ3) is 3.40. The summed E-state index contributed by atoms with van der Waals surface area (Å²) >= 11 is 0. The highest BCUT2D eigenvalue weighted by Gasteiger charge is 2.29. The van der Waals surface area contributed by atoms with Crippen molar-refractivity contribution in [3.05, 3.63) is 53.4 Å². The van der Waals surface area contributed by atoms with Gasteiger partial charge in [0.1, 0.15) is 23.4 Å². The highest BCUT2D eigenvalue weighted by Crippen LogP contribution is 2.32. The van der Waals surface area contributed by atoms with E-state index in [1.54, 1.807) is 0 Å². The maximum atomic E-state index is 13.5. The van der Waals surface area contributed by atoms with Crippen LogP contribution in [0.2, 0.25) is 0 Å². The topological polar surface area (TPSA) is 65.8 Å². The molecule has 3 rings (SSSR count). The minimum atomic E-state index is -0.751. The summed E-state index contributed by atoms with van der Waals surface area (Å²) in [4.78, 5) is 16.3. The zero-order chi connectivity index (χ0) is 17.3. The van der Waals surface area contributed by atoms with Crippen molar-refractivity contribution in [2.45, 2.75) is 25.8 Å². The number of amides is 1. The minimum absolute atomic E-state index is 0.0463. The highest BCUT2D eigenvalue weighted by atomic mass is 19.1. The van der Waals surface area contributed by atoms with E-state index in [0.29, 0.717) is 5.92 Å². The molecule has 1 aliphatic carbocycles. The van der Waals surface area contributed by atoms with Gasteiger partial charge in [0.2, 0.25) is 0 Å². The summed E-state index contributed by atoms with van der Waals surface area (Å²) in [6, 6.07) is 6.36. The van der Waals surface area contributed by atoms with Gasteiger partial charge in [-0.3, -0.25) is 4.79 Å². The lowest BCUT2D eigenvalue weighted by molar-refractivity contribution is 0.0931. The van der Waals surface area contributed by atoms with Gasteiger partial charge in [-0.2, -0.15) is 5.26 Å². The van der Waals surface area contributed by atoms with Crippen molar-refractivity contribution in [3.8, 4) is 17.2 Å². The number of nitriles is 1. The molecule has 24 heavy (non-hydrogen) atoms. The van der Waals surface area contributed by atoms with Crippen molar-refractivity contribution >= 4 is 5.91 Å². The summed E-state index contributed by atoms with van der Waals surface area (Å²) in [5, 5.41) is 12.1. The van der Waals surface area contributed by atoms with Crippen molar-refractivity contribution in [2.24, 2.45) is 5.92 Å². The molecule has 1 amide bonds. The molecule has 4 nitrogen and oxygen atoms in total. The second kappa shape index (κ2) is 6.36. The summed E-state index contributed by atoms with van der Waals surface area (Å²) in [5.74, 6) is -1.38. The van der Waals surface area contributed by atoms with E-state index in [-0.39, 0.29) is 34.3 Å². The van der Waals surface area contributed by atoms with Crippen LogP contribution in [-0.2, 0) is 0 Å². The maximum Gasteiger partial charge on any atom is 0.270 e. The first-order valence-corrected chi connectivity index (χ1v) is 7.65. The maximum absolute atomic E-state index is 13.5. The molecule has 1 saturated carbocycles. The monoisotopic (exact) mass is 327 g/mol. The van der Waals surface area contributed by atoms with Crippen molar-refractivity contribution in [3.63, 3.8) is 0 Å². The molecule has 0 aliphatic heterocycles. The summed E-state index contributed by atoms with van der Waals surface area (Å²) in [7, 11) is 0. The van der Waals surface area contributed by atoms with Crippen LogP contribution in [0.25, 0.3) is 11.1 Å². The van der Waals surface area contributed by atoms with Gasteiger partial charge >= 0.3 is 0 Å². The lowest BCUT2D eigenvalue weighted by Gasteiger charge is -2.13. The summed E-state index contributed by atoms with van der Waals surface area (Å²) < 4.78 is 26.9. The van der Waals surface area contributed by atoms with Crippen molar-refractivity contribution < 1.29 is 13.6 Å². The molecule has 1 N–H and O–H groups in total. The van der Waals surface area contributed by atoms with Gasteiger partial charge < -0.3 is 5.32 Å². The SMILES string of the molecule is C[C@H](NC(=O)c1cc(-c2cc(F)cc(F)c2)c(C#N)cn1)C1CC1. The Morgan fingerprint density at radius 2 is 1.96 bits per heavy atom. The first-order valence-electron chi connectivity index (χ1n) is 7.65. The molecule has 1 fully saturated rings. The fourth-order valence-corrected chi connectivity index (χ4v) is 2.61. The van der Waals surface area contributed by atoms with E-state index in [4.69, 9.17) is 0 Å². The number of nitrogens with zero attached hydrogens (tertiary/aromatic N) is 2. The first-order chi connectivity index (χ1) is 11.5. The average molecular weight is 327 g/mol. The van der Waals surface area contributed by atoms with Gasteiger partial charge in [0.15, 0.2) is 0 Å². The second-order valence-electron chi connectivity index (χ2n) is 5.98. The van der Waals surface area contributed by atoms with Crippen LogP contribution >= 0.6 is 0 Å². The van der Waals surface area contributed by atoms with Gasteiger partial charge in [0.05, 0.1) is 5.56 Å². The third-order valence-corrected chi connectivity index (χ3v) is 4.12. The van der Waals surface area contributed by atoms with Gasteiger partial charge in [-0.1, -0.05) is 0 Å². The molecule has 1 heterocycles. The predicted octanol–water partition coefficient (Wildman–Crippen LogP) is 3.43. The third-order valence-electron chi connectivity index (χ3n) is 4.12. The molecule has 2 aromatic rings. The van der Waals surface area contributed by atoms with E-state index in [2.05, 4.69) is 10.3 Å². The molecule has 1 atom stereocenters. The van der Waals surface area contributed by atoms with Crippen molar-refractivity contribution in [1.82, 2.24) is 10.3 Å². The number of pyridine rings is 1. The number of hydrogen-bond acceptors (Lipinski definition) is 3. The fourth-order valence-electron chi connectivity index (χ4n) is 2.61. The van der Waals surface area contributed by atoms with Crippen LogP contribution in [0.4, 0.5) is 8.78 Å². The molecule has 0 bridgehead atoms. The number of nitrogens with one attached hydrogen (secondary N) is 1. The number of halogens is 2. The molecule has 1 aliphatic rings. The first kappa shape index (κ1) is 16.1. The lowest BCUT2D eigenvalue weighted by Crippen LogP contribution is -2.34. The number of hydrogen-bond donors (Lipinski definition) is 1. The van der Waals surface area contributed by atoms with Crippen molar-refractivity contribution in [2.75, 3.05) is 0 Å². The summed E-state index contributed by atoms with van der Waals surface area (Å²) in [5.41, 5.74) is 0.721. The van der Waals surface area contributed by atoms with E-state index >= 15 is 0 Å². The average Bonchev–Trinajstić information content (AvgIpc) is 3.38. The minimum Gasteiger partial charge on any atom is -0.348 e. The molecule has 6 heteroatoms. The lowest BCUT2D eigenvalue weighted by atomic mass is 10.0. The normalized spacial score (nSPS) is 14.8. The molecule has 0 saturated heterocycles. The van der Waals surface area contributed by atoms with Gasteiger partial charge in [0.25, 0.3) is 5.91 Å². The zero-order valence-electron chi connectivity index (χ0n) is 13.0. The zero-order valence-corrected chi connectivity index (χ0v) is 13.0. The fraction of sp³-hybridized carbons (Fsp3) is 0.278. The van der Waals surface area contributed by atoms with Crippen LogP contribution in [0.1, 0.15) is 35.8 Å².